The molecule has 4 nitrogen and oxygen atoms in total. The predicted octanol–water partition coefficient (Wildman–Crippen LogP) is 0.929. The number of rotatable bonds is 5. The zero-order chi connectivity index (χ0) is 11.3. The highest BCUT2D eigenvalue weighted by atomic mass is 32.2. The monoisotopic (exact) mass is 234 g/mol. The minimum absolute atomic E-state index is 0.153. The summed E-state index contributed by atoms with van der Waals surface area (Å²) in [7, 11) is -3.03. The van der Waals surface area contributed by atoms with Gasteiger partial charge in [-0.25, -0.2) is 8.42 Å². The molecule has 1 saturated heterocycles. The number of nitrogens with zero attached hydrogens (tertiary/aromatic N) is 1. The fourth-order valence-electron chi connectivity index (χ4n) is 2.20. The van der Waals surface area contributed by atoms with Crippen molar-refractivity contribution >= 4 is 10.0 Å². The topological polar surface area (TPSA) is 63.4 Å². The lowest BCUT2D eigenvalue weighted by Crippen LogP contribution is -2.45. The zero-order valence-corrected chi connectivity index (χ0v) is 10.3. The average molecular weight is 234 g/mol. The van der Waals surface area contributed by atoms with Gasteiger partial charge in [0.15, 0.2) is 0 Å². The molecule has 0 aliphatic carbocycles. The molecule has 1 atom stereocenters. The standard InChI is InChI=1S/C10H22N2O2S/c1-2-9-15(13,14)12-8-4-3-5-10(12)6-7-11/h10H,2-9,11H2,1H3. The Balaban J connectivity index is 2.70. The van der Waals surface area contributed by atoms with E-state index in [4.69, 9.17) is 5.73 Å². The second kappa shape index (κ2) is 5.82. The van der Waals surface area contributed by atoms with Crippen LogP contribution < -0.4 is 5.73 Å². The highest BCUT2D eigenvalue weighted by Crippen LogP contribution is 2.22. The van der Waals surface area contributed by atoms with Crippen molar-refractivity contribution in [2.75, 3.05) is 18.8 Å². The van der Waals surface area contributed by atoms with Crippen LogP contribution in [0.4, 0.5) is 0 Å². The molecular weight excluding hydrogens is 212 g/mol. The first-order chi connectivity index (χ1) is 7.11. The zero-order valence-electron chi connectivity index (χ0n) is 9.48. The lowest BCUT2D eigenvalue weighted by atomic mass is 10.0. The fourth-order valence-corrected chi connectivity index (χ4v) is 4.02. The highest BCUT2D eigenvalue weighted by molar-refractivity contribution is 7.89. The first kappa shape index (κ1) is 12.9. The normalized spacial score (nSPS) is 24.3. The lowest BCUT2D eigenvalue weighted by molar-refractivity contribution is 0.243. The summed E-state index contributed by atoms with van der Waals surface area (Å²) >= 11 is 0. The molecule has 1 fully saturated rings. The Morgan fingerprint density at radius 3 is 2.73 bits per heavy atom. The van der Waals surface area contributed by atoms with E-state index in [9.17, 15) is 8.42 Å². The minimum atomic E-state index is -3.03. The van der Waals surface area contributed by atoms with Gasteiger partial charge in [0.1, 0.15) is 0 Å². The molecule has 0 aromatic heterocycles. The maximum atomic E-state index is 12.0. The molecule has 1 aliphatic rings. The van der Waals surface area contributed by atoms with Crippen LogP contribution in [0.2, 0.25) is 0 Å². The quantitative estimate of drug-likeness (QED) is 0.769. The van der Waals surface area contributed by atoms with E-state index < -0.39 is 10.0 Å². The molecule has 1 unspecified atom stereocenters. The lowest BCUT2D eigenvalue weighted by Gasteiger charge is -2.34. The maximum absolute atomic E-state index is 12.0. The molecule has 0 saturated carbocycles. The van der Waals surface area contributed by atoms with E-state index >= 15 is 0 Å². The summed E-state index contributed by atoms with van der Waals surface area (Å²) in [4.78, 5) is 0. The molecule has 0 spiro atoms. The second-order valence-electron chi connectivity index (χ2n) is 4.15. The third kappa shape index (κ3) is 3.43. The van der Waals surface area contributed by atoms with Crippen LogP contribution in [0, 0.1) is 0 Å². The van der Waals surface area contributed by atoms with Crippen LogP contribution in [0.3, 0.4) is 0 Å². The maximum Gasteiger partial charge on any atom is 0.214 e. The van der Waals surface area contributed by atoms with E-state index in [1.165, 1.54) is 0 Å². The summed E-state index contributed by atoms with van der Waals surface area (Å²) in [6, 6.07) is 0.153. The van der Waals surface area contributed by atoms with Crippen molar-refractivity contribution < 1.29 is 8.42 Å². The van der Waals surface area contributed by atoms with E-state index in [0.29, 0.717) is 19.5 Å². The van der Waals surface area contributed by atoms with Gasteiger partial charge in [0.2, 0.25) is 10.0 Å². The summed E-state index contributed by atoms with van der Waals surface area (Å²) < 4.78 is 25.6. The van der Waals surface area contributed by atoms with Crippen LogP contribution >= 0.6 is 0 Å². The smallest absolute Gasteiger partial charge is 0.214 e. The Bertz CT molecular complexity index is 275. The van der Waals surface area contributed by atoms with E-state index in [0.717, 1.165) is 25.7 Å². The molecule has 90 valence electrons. The van der Waals surface area contributed by atoms with E-state index in [2.05, 4.69) is 0 Å². The van der Waals surface area contributed by atoms with Crippen LogP contribution in [-0.4, -0.2) is 37.6 Å². The predicted molar refractivity (Wildman–Crippen MR) is 62.1 cm³/mol. The third-order valence-electron chi connectivity index (χ3n) is 2.89. The van der Waals surface area contributed by atoms with Gasteiger partial charge in [-0.1, -0.05) is 13.3 Å². The van der Waals surface area contributed by atoms with Gasteiger partial charge in [0.25, 0.3) is 0 Å². The molecule has 1 aliphatic heterocycles. The molecule has 0 aromatic rings. The Kier molecular flexibility index (Phi) is 5.02. The number of nitrogens with two attached hydrogens (primary N) is 1. The second-order valence-corrected chi connectivity index (χ2v) is 6.19. The summed E-state index contributed by atoms with van der Waals surface area (Å²) in [5, 5.41) is 0. The molecule has 0 amide bonds. The Labute approximate surface area is 92.9 Å². The molecular formula is C10H22N2O2S. The summed E-state index contributed by atoms with van der Waals surface area (Å²) in [5.74, 6) is 0.272. The number of hydrogen-bond donors (Lipinski definition) is 1. The Hall–Kier alpha value is -0.130. The molecule has 1 heterocycles. The van der Waals surface area contributed by atoms with Gasteiger partial charge in [-0.2, -0.15) is 4.31 Å². The van der Waals surface area contributed by atoms with Crippen molar-refractivity contribution in [3.05, 3.63) is 0 Å². The summed E-state index contributed by atoms with van der Waals surface area (Å²) in [6.45, 7) is 3.16. The van der Waals surface area contributed by atoms with E-state index in [1.807, 2.05) is 6.92 Å². The molecule has 0 aromatic carbocycles. The van der Waals surface area contributed by atoms with Crippen molar-refractivity contribution in [3.63, 3.8) is 0 Å². The summed E-state index contributed by atoms with van der Waals surface area (Å²) in [5.41, 5.74) is 5.52. The van der Waals surface area contributed by atoms with Crippen molar-refractivity contribution in [3.8, 4) is 0 Å². The number of piperidine rings is 1. The van der Waals surface area contributed by atoms with Crippen molar-refractivity contribution in [2.24, 2.45) is 5.73 Å². The van der Waals surface area contributed by atoms with Gasteiger partial charge in [-0.3, -0.25) is 0 Å². The van der Waals surface area contributed by atoms with Crippen molar-refractivity contribution in [1.29, 1.82) is 0 Å². The fraction of sp³-hybridized carbons (Fsp3) is 1.00. The Morgan fingerprint density at radius 1 is 1.40 bits per heavy atom. The van der Waals surface area contributed by atoms with Gasteiger partial charge in [0.05, 0.1) is 5.75 Å². The average Bonchev–Trinajstić information content (AvgIpc) is 2.19. The molecule has 2 N–H and O–H groups in total. The number of sulfonamides is 1. The first-order valence-electron chi connectivity index (χ1n) is 5.81. The molecule has 1 rings (SSSR count). The largest absolute Gasteiger partial charge is 0.330 e. The van der Waals surface area contributed by atoms with Gasteiger partial charge in [0, 0.05) is 12.6 Å². The van der Waals surface area contributed by atoms with E-state index in [-0.39, 0.29) is 11.8 Å². The minimum Gasteiger partial charge on any atom is -0.330 e. The molecule has 0 radical (unpaired) electrons. The van der Waals surface area contributed by atoms with E-state index in [1.54, 1.807) is 4.31 Å². The molecule has 5 heteroatoms. The van der Waals surface area contributed by atoms with Crippen LogP contribution in [0.1, 0.15) is 39.0 Å². The Morgan fingerprint density at radius 2 is 2.13 bits per heavy atom. The van der Waals surface area contributed by atoms with Crippen LogP contribution in [-0.2, 0) is 10.0 Å². The van der Waals surface area contributed by atoms with Crippen LogP contribution in [0.5, 0.6) is 0 Å². The highest BCUT2D eigenvalue weighted by Gasteiger charge is 2.30. The van der Waals surface area contributed by atoms with Gasteiger partial charge >= 0.3 is 0 Å². The van der Waals surface area contributed by atoms with Gasteiger partial charge in [-0.05, 0) is 32.2 Å². The number of hydrogen-bond acceptors (Lipinski definition) is 3. The summed E-state index contributed by atoms with van der Waals surface area (Å²) in [6.07, 6.45) is 4.57. The van der Waals surface area contributed by atoms with Crippen LogP contribution in [0.25, 0.3) is 0 Å². The first-order valence-corrected chi connectivity index (χ1v) is 7.42. The third-order valence-corrected chi connectivity index (χ3v) is 5.01. The van der Waals surface area contributed by atoms with Crippen molar-refractivity contribution in [2.45, 2.75) is 45.1 Å². The van der Waals surface area contributed by atoms with Crippen LogP contribution in [0.15, 0.2) is 0 Å². The molecule has 0 bridgehead atoms. The van der Waals surface area contributed by atoms with Gasteiger partial charge < -0.3 is 5.73 Å². The molecule has 15 heavy (non-hydrogen) atoms. The SMILES string of the molecule is CCCS(=O)(=O)N1CCCCC1CCN. The van der Waals surface area contributed by atoms with Crippen molar-refractivity contribution in [1.82, 2.24) is 4.31 Å². The van der Waals surface area contributed by atoms with Gasteiger partial charge in [-0.15, -0.1) is 0 Å².